The third-order valence-corrected chi connectivity index (χ3v) is 3.43. The molecular weight excluding hydrogens is 236 g/mol. The van der Waals surface area contributed by atoms with Gasteiger partial charge in [0.2, 0.25) is 5.91 Å². The van der Waals surface area contributed by atoms with Crippen LogP contribution < -0.4 is 5.32 Å². The minimum absolute atomic E-state index is 0.200. The molecule has 1 heterocycles. The van der Waals surface area contributed by atoms with Gasteiger partial charge in [0, 0.05) is 13.5 Å². The summed E-state index contributed by atoms with van der Waals surface area (Å²) in [6, 6.07) is -0.950. The Labute approximate surface area is 108 Å². The number of amides is 1. The molecule has 6 heteroatoms. The van der Waals surface area contributed by atoms with Crippen molar-refractivity contribution in [1.82, 2.24) is 10.2 Å². The number of aliphatic hydroxyl groups excluding tert-OH is 3. The zero-order chi connectivity index (χ0) is 13.7. The average molecular weight is 260 g/mol. The van der Waals surface area contributed by atoms with Crippen LogP contribution in [0.3, 0.4) is 0 Å². The summed E-state index contributed by atoms with van der Waals surface area (Å²) in [6.07, 6.45) is -0.120. The van der Waals surface area contributed by atoms with Crippen LogP contribution in [0.1, 0.15) is 26.7 Å². The third kappa shape index (κ3) is 3.65. The lowest BCUT2D eigenvalue weighted by molar-refractivity contribution is -0.128. The quantitative estimate of drug-likeness (QED) is 0.492. The van der Waals surface area contributed by atoms with Gasteiger partial charge in [0.25, 0.3) is 0 Å². The van der Waals surface area contributed by atoms with Gasteiger partial charge in [-0.1, -0.05) is 13.3 Å². The molecule has 1 rings (SSSR count). The number of unbranched alkanes of at least 4 members (excludes halogenated alkanes) is 1. The molecule has 1 saturated heterocycles. The Morgan fingerprint density at radius 1 is 1.39 bits per heavy atom. The third-order valence-electron chi connectivity index (χ3n) is 3.43. The molecule has 4 atom stereocenters. The molecule has 0 aliphatic carbocycles. The van der Waals surface area contributed by atoms with Gasteiger partial charge in [0.15, 0.2) is 0 Å². The summed E-state index contributed by atoms with van der Waals surface area (Å²) in [5.41, 5.74) is 0. The minimum atomic E-state index is -1.04. The fourth-order valence-electron chi connectivity index (χ4n) is 2.41. The van der Waals surface area contributed by atoms with Crippen molar-refractivity contribution in [1.29, 1.82) is 0 Å². The van der Waals surface area contributed by atoms with Crippen LogP contribution in [0.15, 0.2) is 0 Å². The lowest BCUT2D eigenvalue weighted by Gasteiger charge is -2.45. The molecule has 0 unspecified atom stereocenters. The van der Waals surface area contributed by atoms with E-state index in [0.29, 0.717) is 6.54 Å². The fraction of sp³-hybridized carbons (Fsp3) is 0.917. The molecule has 1 aliphatic rings. The van der Waals surface area contributed by atoms with E-state index >= 15 is 0 Å². The van der Waals surface area contributed by atoms with Crippen molar-refractivity contribution in [2.24, 2.45) is 0 Å². The second-order valence-corrected chi connectivity index (χ2v) is 4.89. The van der Waals surface area contributed by atoms with Gasteiger partial charge in [-0.2, -0.15) is 0 Å². The van der Waals surface area contributed by atoms with Crippen molar-refractivity contribution in [3.63, 3.8) is 0 Å². The monoisotopic (exact) mass is 260 g/mol. The van der Waals surface area contributed by atoms with Crippen LogP contribution in [0, 0.1) is 0 Å². The molecule has 0 saturated carbocycles. The van der Waals surface area contributed by atoms with Crippen LogP contribution in [0.5, 0.6) is 0 Å². The summed E-state index contributed by atoms with van der Waals surface area (Å²) in [7, 11) is 0. The van der Waals surface area contributed by atoms with Crippen LogP contribution >= 0.6 is 0 Å². The SMILES string of the molecule is CCCCN1C[C@H](NC(C)=O)[C@@H](O)[C@@H](O)[C@H]1CO. The van der Waals surface area contributed by atoms with E-state index in [0.717, 1.165) is 19.4 Å². The maximum Gasteiger partial charge on any atom is 0.217 e. The zero-order valence-corrected chi connectivity index (χ0v) is 11.0. The van der Waals surface area contributed by atoms with Gasteiger partial charge < -0.3 is 20.6 Å². The predicted octanol–water partition coefficient (Wildman–Crippen LogP) is -1.31. The first kappa shape index (κ1) is 15.4. The topological polar surface area (TPSA) is 93.0 Å². The van der Waals surface area contributed by atoms with Gasteiger partial charge in [-0.15, -0.1) is 0 Å². The standard InChI is InChI=1S/C12H24N2O4/c1-3-4-5-14-6-9(13-8(2)16)11(17)12(18)10(14)7-15/h9-12,15,17-18H,3-7H2,1-2H3,(H,13,16)/t9-,10+,11+,12-/m0/s1. The van der Waals surface area contributed by atoms with E-state index in [9.17, 15) is 20.1 Å². The van der Waals surface area contributed by atoms with E-state index in [-0.39, 0.29) is 12.5 Å². The lowest BCUT2D eigenvalue weighted by atomic mass is 9.92. The van der Waals surface area contributed by atoms with Gasteiger partial charge in [-0.3, -0.25) is 9.69 Å². The number of rotatable bonds is 5. The van der Waals surface area contributed by atoms with Crippen molar-refractivity contribution in [3.05, 3.63) is 0 Å². The van der Waals surface area contributed by atoms with E-state index in [1.165, 1.54) is 6.92 Å². The first-order chi connectivity index (χ1) is 8.51. The van der Waals surface area contributed by atoms with E-state index in [4.69, 9.17) is 0 Å². The lowest BCUT2D eigenvalue weighted by Crippen LogP contribution is -2.66. The number of nitrogens with one attached hydrogen (secondary N) is 1. The Morgan fingerprint density at radius 2 is 2.06 bits per heavy atom. The Bertz CT molecular complexity index is 275. The van der Waals surface area contributed by atoms with Crippen molar-refractivity contribution in [2.45, 2.75) is 51.0 Å². The number of aliphatic hydroxyl groups is 3. The van der Waals surface area contributed by atoms with Gasteiger partial charge in [0.05, 0.1) is 24.8 Å². The van der Waals surface area contributed by atoms with Crippen molar-refractivity contribution >= 4 is 5.91 Å². The molecule has 18 heavy (non-hydrogen) atoms. The number of carbonyl (C=O) groups excluding carboxylic acids is 1. The van der Waals surface area contributed by atoms with Gasteiger partial charge in [-0.25, -0.2) is 0 Å². The molecule has 6 nitrogen and oxygen atoms in total. The van der Waals surface area contributed by atoms with Crippen LogP contribution in [0.25, 0.3) is 0 Å². The number of carbonyl (C=O) groups is 1. The van der Waals surface area contributed by atoms with E-state index < -0.39 is 24.3 Å². The van der Waals surface area contributed by atoms with Crippen LogP contribution in [0.4, 0.5) is 0 Å². The number of nitrogens with zero attached hydrogens (tertiary/aromatic N) is 1. The van der Waals surface area contributed by atoms with Crippen molar-refractivity contribution in [2.75, 3.05) is 19.7 Å². The van der Waals surface area contributed by atoms with Gasteiger partial charge in [-0.05, 0) is 13.0 Å². The normalized spacial score (nSPS) is 33.4. The largest absolute Gasteiger partial charge is 0.395 e. The second kappa shape index (κ2) is 7.04. The highest BCUT2D eigenvalue weighted by molar-refractivity contribution is 5.73. The Morgan fingerprint density at radius 3 is 2.56 bits per heavy atom. The minimum Gasteiger partial charge on any atom is -0.395 e. The molecule has 0 radical (unpaired) electrons. The summed E-state index contributed by atoms with van der Waals surface area (Å²) < 4.78 is 0. The average Bonchev–Trinajstić information content (AvgIpc) is 2.32. The molecule has 0 aromatic heterocycles. The highest BCUT2D eigenvalue weighted by Crippen LogP contribution is 2.19. The Balaban J connectivity index is 2.72. The highest BCUT2D eigenvalue weighted by Gasteiger charge is 2.41. The molecular formula is C12H24N2O4. The maximum atomic E-state index is 11.1. The number of hydrogen-bond acceptors (Lipinski definition) is 5. The fourth-order valence-corrected chi connectivity index (χ4v) is 2.41. The summed E-state index contributed by atoms with van der Waals surface area (Å²) >= 11 is 0. The molecule has 1 aliphatic heterocycles. The van der Waals surface area contributed by atoms with Gasteiger partial charge >= 0.3 is 0 Å². The Hall–Kier alpha value is -0.690. The summed E-state index contributed by atoms with van der Waals surface area (Å²) in [4.78, 5) is 13.0. The summed E-state index contributed by atoms with van der Waals surface area (Å²) in [6.45, 7) is 4.43. The van der Waals surface area contributed by atoms with Crippen LogP contribution in [-0.2, 0) is 4.79 Å². The molecule has 0 aromatic carbocycles. The number of likely N-dealkylation sites (tertiary alicyclic amines) is 1. The molecule has 0 spiro atoms. The van der Waals surface area contributed by atoms with E-state index in [1.807, 2.05) is 4.90 Å². The molecule has 4 N–H and O–H groups in total. The zero-order valence-electron chi connectivity index (χ0n) is 11.0. The first-order valence-electron chi connectivity index (χ1n) is 6.49. The Kier molecular flexibility index (Phi) is 6.01. The molecule has 0 bridgehead atoms. The molecule has 0 aromatic rings. The van der Waals surface area contributed by atoms with Crippen LogP contribution in [0.2, 0.25) is 0 Å². The van der Waals surface area contributed by atoms with Crippen LogP contribution in [-0.4, -0.2) is 70.1 Å². The maximum absolute atomic E-state index is 11.1. The van der Waals surface area contributed by atoms with Crippen molar-refractivity contribution in [3.8, 4) is 0 Å². The molecule has 1 amide bonds. The van der Waals surface area contributed by atoms with E-state index in [2.05, 4.69) is 12.2 Å². The smallest absolute Gasteiger partial charge is 0.217 e. The molecule has 1 fully saturated rings. The first-order valence-corrected chi connectivity index (χ1v) is 6.49. The molecule has 106 valence electrons. The summed E-state index contributed by atoms with van der Waals surface area (Å²) in [5, 5.41) is 31.9. The van der Waals surface area contributed by atoms with E-state index in [1.54, 1.807) is 0 Å². The number of piperidine rings is 1. The summed E-state index contributed by atoms with van der Waals surface area (Å²) in [5.74, 6) is -0.232. The van der Waals surface area contributed by atoms with Crippen molar-refractivity contribution < 1.29 is 20.1 Å². The second-order valence-electron chi connectivity index (χ2n) is 4.89. The van der Waals surface area contributed by atoms with Gasteiger partial charge in [0.1, 0.15) is 6.10 Å². The number of hydrogen-bond donors (Lipinski definition) is 4. The highest BCUT2D eigenvalue weighted by atomic mass is 16.3. The predicted molar refractivity (Wildman–Crippen MR) is 67.0 cm³/mol.